The van der Waals surface area contributed by atoms with E-state index >= 15 is 0 Å². The molecule has 0 aliphatic carbocycles. The number of rotatable bonds is 2. The minimum atomic E-state index is -0.254. The van der Waals surface area contributed by atoms with Crippen molar-refractivity contribution in [2.24, 2.45) is 11.5 Å². The Morgan fingerprint density at radius 1 is 1.23 bits per heavy atom. The molecule has 1 aromatic rings. The Hall–Kier alpha value is -0.480. The van der Waals surface area contributed by atoms with Gasteiger partial charge in [-0.3, -0.25) is 0 Å². The quantitative estimate of drug-likeness (QED) is 0.661. The van der Waals surface area contributed by atoms with Gasteiger partial charge in [0, 0.05) is 12.6 Å². The highest BCUT2D eigenvalue weighted by Gasteiger charge is 2.09. The Morgan fingerprint density at radius 3 is 2.08 bits per heavy atom. The number of halogens is 2. The Morgan fingerprint density at radius 2 is 1.69 bits per heavy atom. The predicted molar refractivity (Wildman–Crippen MR) is 56.9 cm³/mol. The zero-order valence-corrected chi connectivity index (χ0v) is 8.44. The second-order valence-electron chi connectivity index (χ2n) is 2.74. The van der Waals surface area contributed by atoms with Crippen LogP contribution in [0.1, 0.15) is 11.6 Å². The molecule has 0 heterocycles. The monoisotopic (exact) mass is 219 g/mol. The summed E-state index contributed by atoms with van der Waals surface area (Å²) < 4.78 is 0. The molecule has 1 rings (SSSR count). The Labute approximate surface area is 86.8 Å². The molecule has 6 N–H and O–H groups in total. The maximum Gasteiger partial charge on any atom is 0.0693 e. The summed E-state index contributed by atoms with van der Waals surface area (Å²) in [6.45, 7) is 0.344. The molecule has 13 heavy (non-hydrogen) atoms. The van der Waals surface area contributed by atoms with Crippen LogP contribution in [0.5, 0.6) is 0 Å². The van der Waals surface area contributed by atoms with E-state index in [4.69, 9.17) is 40.4 Å². The number of nitrogens with two attached hydrogens (primary N) is 3. The third-order valence-electron chi connectivity index (χ3n) is 1.78. The van der Waals surface area contributed by atoms with Gasteiger partial charge in [-0.25, -0.2) is 0 Å². The predicted octanol–water partition coefficient (Wildman–Crippen LogP) is 1.53. The highest BCUT2D eigenvalue weighted by molar-refractivity contribution is 6.38. The fourth-order valence-electron chi connectivity index (χ4n) is 0.954. The van der Waals surface area contributed by atoms with Crippen LogP contribution in [0.4, 0.5) is 5.69 Å². The molecule has 0 aliphatic rings. The molecule has 1 unspecified atom stereocenters. The SMILES string of the molecule is NCC(N)c1cc(Cl)c(N)c(Cl)c1. The van der Waals surface area contributed by atoms with Crippen LogP contribution in [0.2, 0.25) is 10.0 Å². The maximum atomic E-state index is 5.81. The van der Waals surface area contributed by atoms with Crippen LogP contribution in [-0.2, 0) is 0 Å². The van der Waals surface area contributed by atoms with Crippen molar-refractivity contribution >= 4 is 28.9 Å². The summed E-state index contributed by atoms with van der Waals surface area (Å²) >= 11 is 11.6. The molecule has 0 saturated heterocycles. The van der Waals surface area contributed by atoms with Gasteiger partial charge in [0.1, 0.15) is 0 Å². The van der Waals surface area contributed by atoms with Crippen molar-refractivity contribution in [3.05, 3.63) is 27.7 Å². The first-order valence-electron chi connectivity index (χ1n) is 3.76. The molecule has 0 amide bonds. The summed E-state index contributed by atoms with van der Waals surface area (Å²) in [5.41, 5.74) is 17.8. The summed E-state index contributed by atoms with van der Waals surface area (Å²) in [6.07, 6.45) is 0. The lowest BCUT2D eigenvalue weighted by Gasteiger charge is -2.11. The van der Waals surface area contributed by atoms with Gasteiger partial charge in [-0.15, -0.1) is 0 Å². The Balaban J connectivity index is 3.13. The van der Waals surface area contributed by atoms with E-state index < -0.39 is 0 Å². The molecule has 3 nitrogen and oxygen atoms in total. The first-order chi connectivity index (χ1) is 6.06. The van der Waals surface area contributed by atoms with E-state index in [9.17, 15) is 0 Å². The molecule has 5 heteroatoms. The third kappa shape index (κ3) is 2.25. The lowest BCUT2D eigenvalue weighted by molar-refractivity contribution is 0.737. The number of nitrogen functional groups attached to an aromatic ring is 1. The van der Waals surface area contributed by atoms with Crippen molar-refractivity contribution in [3.8, 4) is 0 Å². The van der Waals surface area contributed by atoms with Crippen molar-refractivity contribution in [2.45, 2.75) is 6.04 Å². The third-order valence-corrected chi connectivity index (χ3v) is 2.41. The number of benzene rings is 1. The largest absolute Gasteiger partial charge is 0.396 e. The fraction of sp³-hybridized carbons (Fsp3) is 0.250. The fourth-order valence-corrected chi connectivity index (χ4v) is 1.46. The molecular formula is C8H11Cl2N3. The number of hydrogen-bond donors (Lipinski definition) is 3. The highest BCUT2D eigenvalue weighted by atomic mass is 35.5. The topological polar surface area (TPSA) is 78.1 Å². The van der Waals surface area contributed by atoms with Crippen LogP contribution in [0.15, 0.2) is 12.1 Å². The van der Waals surface area contributed by atoms with E-state index in [1.807, 2.05) is 0 Å². The minimum Gasteiger partial charge on any atom is -0.396 e. The Bertz CT molecular complexity index is 291. The summed E-state index contributed by atoms with van der Waals surface area (Å²) in [4.78, 5) is 0. The van der Waals surface area contributed by atoms with E-state index in [1.165, 1.54) is 0 Å². The zero-order chi connectivity index (χ0) is 10.0. The van der Waals surface area contributed by atoms with Gasteiger partial charge in [-0.2, -0.15) is 0 Å². The van der Waals surface area contributed by atoms with E-state index in [2.05, 4.69) is 0 Å². The van der Waals surface area contributed by atoms with E-state index in [-0.39, 0.29) is 6.04 Å². The van der Waals surface area contributed by atoms with Crippen molar-refractivity contribution in [1.29, 1.82) is 0 Å². The van der Waals surface area contributed by atoms with Gasteiger partial charge in [0.25, 0.3) is 0 Å². The first-order valence-corrected chi connectivity index (χ1v) is 4.52. The standard InChI is InChI=1S/C8H11Cl2N3/c9-5-1-4(7(12)3-11)2-6(10)8(5)13/h1-2,7H,3,11-13H2. The second-order valence-corrected chi connectivity index (χ2v) is 3.55. The molecule has 0 bridgehead atoms. The van der Waals surface area contributed by atoms with Crippen molar-refractivity contribution < 1.29 is 0 Å². The van der Waals surface area contributed by atoms with Crippen LogP contribution in [0.3, 0.4) is 0 Å². The van der Waals surface area contributed by atoms with Crippen LogP contribution in [0, 0.1) is 0 Å². The molecule has 0 radical (unpaired) electrons. The molecule has 0 aliphatic heterocycles. The average molecular weight is 220 g/mol. The highest BCUT2D eigenvalue weighted by Crippen LogP contribution is 2.30. The van der Waals surface area contributed by atoms with Gasteiger partial charge in [0.2, 0.25) is 0 Å². The first kappa shape index (κ1) is 10.6. The number of anilines is 1. The van der Waals surface area contributed by atoms with Crippen LogP contribution < -0.4 is 17.2 Å². The average Bonchev–Trinajstić information content (AvgIpc) is 2.12. The number of hydrogen-bond acceptors (Lipinski definition) is 3. The van der Waals surface area contributed by atoms with E-state index in [1.54, 1.807) is 12.1 Å². The molecule has 1 aromatic carbocycles. The summed E-state index contributed by atoms with van der Waals surface area (Å²) in [5.74, 6) is 0. The van der Waals surface area contributed by atoms with Gasteiger partial charge in [-0.1, -0.05) is 23.2 Å². The normalized spacial score (nSPS) is 12.9. The van der Waals surface area contributed by atoms with Crippen LogP contribution in [-0.4, -0.2) is 6.54 Å². The molecule has 0 fully saturated rings. The van der Waals surface area contributed by atoms with Gasteiger partial charge in [0.15, 0.2) is 0 Å². The molecule has 72 valence electrons. The van der Waals surface area contributed by atoms with Crippen LogP contribution >= 0.6 is 23.2 Å². The van der Waals surface area contributed by atoms with E-state index in [0.717, 1.165) is 5.56 Å². The second kappa shape index (κ2) is 4.15. The molecule has 0 aromatic heterocycles. The van der Waals surface area contributed by atoms with Crippen molar-refractivity contribution in [1.82, 2.24) is 0 Å². The summed E-state index contributed by atoms with van der Waals surface area (Å²) in [7, 11) is 0. The molecule has 0 spiro atoms. The van der Waals surface area contributed by atoms with Crippen molar-refractivity contribution in [2.75, 3.05) is 12.3 Å². The molecular weight excluding hydrogens is 209 g/mol. The van der Waals surface area contributed by atoms with Crippen LogP contribution in [0.25, 0.3) is 0 Å². The van der Waals surface area contributed by atoms with E-state index in [0.29, 0.717) is 22.3 Å². The van der Waals surface area contributed by atoms with Crippen molar-refractivity contribution in [3.63, 3.8) is 0 Å². The van der Waals surface area contributed by atoms with Gasteiger partial charge >= 0.3 is 0 Å². The minimum absolute atomic E-state index is 0.254. The Kier molecular flexibility index (Phi) is 3.39. The lowest BCUT2D eigenvalue weighted by atomic mass is 10.1. The molecule has 1 atom stereocenters. The van der Waals surface area contributed by atoms with Gasteiger partial charge in [-0.05, 0) is 17.7 Å². The maximum absolute atomic E-state index is 5.81. The van der Waals surface area contributed by atoms with Gasteiger partial charge < -0.3 is 17.2 Å². The zero-order valence-electron chi connectivity index (χ0n) is 6.93. The van der Waals surface area contributed by atoms with Gasteiger partial charge in [0.05, 0.1) is 15.7 Å². The summed E-state index contributed by atoms with van der Waals surface area (Å²) in [5, 5.41) is 0.817. The smallest absolute Gasteiger partial charge is 0.0693 e. The lowest BCUT2D eigenvalue weighted by Crippen LogP contribution is -2.20. The molecule has 0 saturated carbocycles. The summed E-state index contributed by atoms with van der Waals surface area (Å²) in [6, 6.07) is 3.11.